The van der Waals surface area contributed by atoms with Gasteiger partial charge in [-0.05, 0) is 49.7 Å². The van der Waals surface area contributed by atoms with Crippen molar-refractivity contribution >= 4 is 39.2 Å². The molecule has 5 nitrogen and oxygen atoms in total. The van der Waals surface area contributed by atoms with Crippen molar-refractivity contribution in [3.05, 3.63) is 58.1 Å². The van der Waals surface area contributed by atoms with E-state index in [1.54, 1.807) is 12.1 Å². The summed E-state index contributed by atoms with van der Waals surface area (Å²) in [6, 6.07) is 12.6. The summed E-state index contributed by atoms with van der Waals surface area (Å²) in [5.74, 6) is -0.283. The van der Waals surface area contributed by atoms with E-state index >= 15 is 0 Å². The molecule has 0 spiro atoms. The number of amides is 3. The predicted molar refractivity (Wildman–Crippen MR) is 95.7 cm³/mol. The molecule has 6 heteroatoms. The average Bonchev–Trinajstić information content (AvgIpc) is 2.50. The largest absolute Gasteiger partial charge is 0.329 e. The molecule has 3 amide bonds. The minimum Gasteiger partial charge on any atom is -0.329 e. The summed E-state index contributed by atoms with van der Waals surface area (Å²) in [4.78, 5) is 23.6. The summed E-state index contributed by atoms with van der Waals surface area (Å²) in [6.45, 7) is 3.77. The first-order valence-electron chi connectivity index (χ1n) is 7.11. The Kier molecular flexibility index (Phi) is 5.76. The van der Waals surface area contributed by atoms with Crippen LogP contribution in [0.15, 0.2) is 46.9 Å². The highest BCUT2D eigenvalue weighted by Gasteiger charge is 2.07. The van der Waals surface area contributed by atoms with Crippen molar-refractivity contribution < 1.29 is 9.59 Å². The number of anilines is 2. The molecule has 0 aliphatic carbocycles. The standard InChI is InChI=1S/C17H18BrN3O2/c1-11-3-6-14(7-4-11)20-17(23)19-10-16(22)21-15-8-5-13(18)9-12(15)2/h3-9H,10H2,1-2H3,(H,21,22)(H2,19,20,23). The number of benzene rings is 2. The highest BCUT2D eigenvalue weighted by Crippen LogP contribution is 2.19. The molecule has 2 aromatic rings. The van der Waals surface area contributed by atoms with Crippen LogP contribution in [0.5, 0.6) is 0 Å². The van der Waals surface area contributed by atoms with Gasteiger partial charge in [-0.3, -0.25) is 4.79 Å². The second-order valence-electron chi connectivity index (χ2n) is 5.18. The lowest BCUT2D eigenvalue weighted by atomic mass is 10.2. The molecule has 0 aliphatic heterocycles. The van der Waals surface area contributed by atoms with Crippen LogP contribution in [0.25, 0.3) is 0 Å². The summed E-state index contributed by atoms with van der Waals surface area (Å²) in [7, 11) is 0. The van der Waals surface area contributed by atoms with E-state index in [2.05, 4.69) is 31.9 Å². The average molecular weight is 376 g/mol. The van der Waals surface area contributed by atoms with Crippen molar-refractivity contribution in [2.24, 2.45) is 0 Å². The predicted octanol–water partition coefficient (Wildman–Crippen LogP) is 3.83. The van der Waals surface area contributed by atoms with Gasteiger partial charge in [-0.1, -0.05) is 33.6 Å². The number of aryl methyl sites for hydroxylation is 2. The third-order valence-corrected chi connectivity index (χ3v) is 3.67. The number of carbonyl (C=O) groups excluding carboxylic acids is 2. The number of rotatable bonds is 4. The minimum atomic E-state index is -0.420. The second-order valence-corrected chi connectivity index (χ2v) is 6.10. The van der Waals surface area contributed by atoms with Gasteiger partial charge in [0.25, 0.3) is 0 Å². The Balaban J connectivity index is 1.81. The lowest BCUT2D eigenvalue weighted by Gasteiger charge is -2.10. The molecular formula is C17H18BrN3O2. The number of carbonyl (C=O) groups is 2. The molecule has 120 valence electrons. The van der Waals surface area contributed by atoms with E-state index < -0.39 is 6.03 Å². The molecule has 0 radical (unpaired) electrons. The van der Waals surface area contributed by atoms with Crippen molar-refractivity contribution in [1.29, 1.82) is 0 Å². The molecule has 0 aliphatic rings. The van der Waals surface area contributed by atoms with Gasteiger partial charge in [0.1, 0.15) is 0 Å². The quantitative estimate of drug-likeness (QED) is 0.759. The van der Waals surface area contributed by atoms with Gasteiger partial charge in [0.2, 0.25) is 5.91 Å². The van der Waals surface area contributed by atoms with Crippen LogP contribution in [0.1, 0.15) is 11.1 Å². The lowest BCUT2D eigenvalue weighted by molar-refractivity contribution is -0.115. The first-order valence-corrected chi connectivity index (χ1v) is 7.91. The molecule has 3 N–H and O–H groups in total. The number of nitrogens with one attached hydrogen (secondary N) is 3. The highest BCUT2D eigenvalue weighted by molar-refractivity contribution is 9.10. The van der Waals surface area contributed by atoms with Crippen LogP contribution in [-0.2, 0) is 4.79 Å². The van der Waals surface area contributed by atoms with Gasteiger partial charge < -0.3 is 16.0 Å². The van der Waals surface area contributed by atoms with Gasteiger partial charge in [-0.25, -0.2) is 4.79 Å². The smallest absolute Gasteiger partial charge is 0.319 e. The molecule has 0 saturated carbocycles. The molecule has 0 bridgehead atoms. The van der Waals surface area contributed by atoms with Crippen molar-refractivity contribution in [3.8, 4) is 0 Å². The third kappa shape index (κ3) is 5.41. The van der Waals surface area contributed by atoms with Crippen molar-refractivity contribution in [2.75, 3.05) is 17.2 Å². The molecule has 0 fully saturated rings. The topological polar surface area (TPSA) is 70.2 Å². The number of halogens is 1. The Morgan fingerprint density at radius 1 is 1.00 bits per heavy atom. The lowest BCUT2D eigenvalue weighted by Crippen LogP contribution is -2.35. The van der Waals surface area contributed by atoms with Gasteiger partial charge in [0.05, 0.1) is 6.54 Å². The van der Waals surface area contributed by atoms with Crippen LogP contribution < -0.4 is 16.0 Å². The van der Waals surface area contributed by atoms with Gasteiger partial charge in [-0.15, -0.1) is 0 Å². The molecule has 23 heavy (non-hydrogen) atoms. The van der Waals surface area contributed by atoms with Crippen LogP contribution in [0.2, 0.25) is 0 Å². The van der Waals surface area contributed by atoms with E-state index in [4.69, 9.17) is 0 Å². The van der Waals surface area contributed by atoms with Crippen molar-refractivity contribution in [3.63, 3.8) is 0 Å². The molecule has 0 atom stereocenters. The second kappa shape index (κ2) is 7.78. The fourth-order valence-electron chi connectivity index (χ4n) is 1.93. The molecule has 2 aromatic carbocycles. The zero-order valence-electron chi connectivity index (χ0n) is 12.9. The zero-order chi connectivity index (χ0) is 16.8. The van der Waals surface area contributed by atoms with Gasteiger partial charge in [0, 0.05) is 15.8 Å². The molecule has 0 heterocycles. The molecule has 0 unspecified atom stereocenters. The maximum atomic E-state index is 11.9. The van der Waals surface area contributed by atoms with Crippen LogP contribution in [0.4, 0.5) is 16.2 Å². The van der Waals surface area contributed by atoms with Gasteiger partial charge in [0.15, 0.2) is 0 Å². The first kappa shape index (κ1) is 17.0. The summed E-state index contributed by atoms with van der Waals surface area (Å²) in [5, 5.41) is 7.96. The maximum Gasteiger partial charge on any atom is 0.319 e. The van der Waals surface area contributed by atoms with Gasteiger partial charge in [-0.2, -0.15) is 0 Å². The van der Waals surface area contributed by atoms with Gasteiger partial charge >= 0.3 is 6.03 Å². The van der Waals surface area contributed by atoms with E-state index in [9.17, 15) is 9.59 Å². The highest BCUT2D eigenvalue weighted by atomic mass is 79.9. The van der Waals surface area contributed by atoms with Crippen LogP contribution >= 0.6 is 15.9 Å². The Hall–Kier alpha value is -2.34. The summed E-state index contributed by atoms with van der Waals surface area (Å²) < 4.78 is 0.948. The SMILES string of the molecule is Cc1ccc(NC(=O)NCC(=O)Nc2ccc(Br)cc2C)cc1. The van der Waals surface area contributed by atoms with E-state index in [0.29, 0.717) is 5.69 Å². The zero-order valence-corrected chi connectivity index (χ0v) is 14.5. The fourth-order valence-corrected chi connectivity index (χ4v) is 2.41. The minimum absolute atomic E-state index is 0.104. The number of urea groups is 1. The fraction of sp³-hybridized carbons (Fsp3) is 0.176. The molecular weight excluding hydrogens is 358 g/mol. The monoisotopic (exact) mass is 375 g/mol. The van der Waals surface area contributed by atoms with Crippen LogP contribution in [-0.4, -0.2) is 18.5 Å². The Labute approximate surface area is 143 Å². The Morgan fingerprint density at radius 2 is 1.70 bits per heavy atom. The van der Waals surface area contributed by atoms with E-state index in [1.807, 2.05) is 44.2 Å². The van der Waals surface area contributed by atoms with E-state index in [1.165, 1.54) is 0 Å². The first-order chi connectivity index (χ1) is 10.9. The van der Waals surface area contributed by atoms with E-state index in [0.717, 1.165) is 21.3 Å². The summed E-state index contributed by atoms with van der Waals surface area (Å²) in [6.07, 6.45) is 0. The molecule has 0 saturated heterocycles. The van der Waals surface area contributed by atoms with Crippen molar-refractivity contribution in [2.45, 2.75) is 13.8 Å². The molecule has 2 rings (SSSR count). The number of hydrogen-bond donors (Lipinski definition) is 3. The number of hydrogen-bond acceptors (Lipinski definition) is 2. The van der Waals surface area contributed by atoms with Crippen LogP contribution in [0, 0.1) is 13.8 Å². The summed E-state index contributed by atoms with van der Waals surface area (Å²) in [5.41, 5.74) is 3.45. The van der Waals surface area contributed by atoms with Crippen LogP contribution in [0.3, 0.4) is 0 Å². The Morgan fingerprint density at radius 3 is 2.35 bits per heavy atom. The maximum absolute atomic E-state index is 11.9. The molecule has 0 aromatic heterocycles. The van der Waals surface area contributed by atoms with E-state index in [-0.39, 0.29) is 12.5 Å². The third-order valence-electron chi connectivity index (χ3n) is 3.18. The van der Waals surface area contributed by atoms with Crippen molar-refractivity contribution in [1.82, 2.24) is 5.32 Å². The normalized spacial score (nSPS) is 10.0. The summed E-state index contributed by atoms with van der Waals surface area (Å²) >= 11 is 3.37. The Bertz CT molecular complexity index is 714.